The van der Waals surface area contributed by atoms with E-state index in [1.165, 1.54) is 71.0 Å². The van der Waals surface area contributed by atoms with Gasteiger partial charge in [0.1, 0.15) is 0 Å². The molecule has 2 heteroatoms. The zero-order valence-corrected chi connectivity index (χ0v) is 10.5. The van der Waals surface area contributed by atoms with Crippen LogP contribution in [0.25, 0.3) is 0 Å². The lowest BCUT2D eigenvalue weighted by Gasteiger charge is -2.42. The summed E-state index contributed by atoms with van der Waals surface area (Å²) >= 11 is 0. The third-order valence-electron chi connectivity index (χ3n) is 4.79. The maximum absolute atomic E-state index is 3.60. The highest BCUT2D eigenvalue weighted by Gasteiger charge is 2.38. The van der Waals surface area contributed by atoms with Gasteiger partial charge in [0.2, 0.25) is 0 Å². The van der Waals surface area contributed by atoms with E-state index in [0.29, 0.717) is 0 Å². The van der Waals surface area contributed by atoms with Crippen LogP contribution >= 0.6 is 0 Å². The van der Waals surface area contributed by atoms with Crippen LogP contribution < -0.4 is 5.32 Å². The molecule has 0 radical (unpaired) electrons. The summed E-state index contributed by atoms with van der Waals surface area (Å²) in [5, 5.41) is 3.60. The molecule has 3 fully saturated rings. The van der Waals surface area contributed by atoms with Gasteiger partial charge >= 0.3 is 0 Å². The zero-order valence-electron chi connectivity index (χ0n) is 10.5. The van der Waals surface area contributed by atoms with Gasteiger partial charge < -0.3 is 5.32 Å². The second kappa shape index (κ2) is 5.05. The molecule has 1 unspecified atom stereocenters. The minimum Gasteiger partial charge on any atom is -0.314 e. The van der Waals surface area contributed by atoms with Crippen molar-refractivity contribution in [1.82, 2.24) is 10.2 Å². The van der Waals surface area contributed by atoms with Gasteiger partial charge in [-0.05, 0) is 31.6 Å². The van der Waals surface area contributed by atoms with E-state index >= 15 is 0 Å². The summed E-state index contributed by atoms with van der Waals surface area (Å²) in [5.74, 6) is 1.04. The number of piperazine rings is 1. The molecule has 2 aliphatic carbocycles. The Morgan fingerprint density at radius 2 is 1.62 bits per heavy atom. The van der Waals surface area contributed by atoms with E-state index in [9.17, 15) is 0 Å². The lowest BCUT2D eigenvalue weighted by molar-refractivity contribution is 0.0828. The summed E-state index contributed by atoms with van der Waals surface area (Å²) in [7, 11) is 0. The Balaban J connectivity index is 1.64. The molecule has 2 saturated carbocycles. The first-order valence-electron chi connectivity index (χ1n) is 7.41. The van der Waals surface area contributed by atoms with Crippen molar-refractivity contribution in [1.29, 1.82) is 0 Å². The summed E-state index contributed by atoms with van der Waals surface area (Å²) < 4.78 is 0. The van der Waals surface area contributed by atoms with Crippen LogP contribution in [0.1, 0.15) is 51.4 Å². The molecular formula is C14H26N2. The quantitative estimate of drug-likeness (QED) is 0.722. The summed E-state index contributed by atoms with van der Waals surface area (Å²) in [6.45, 7) is 3.80. The van der Waals surface area contributed by atoms with Crippen LogP contribution in [0.5, 0.6) is 0 Å². The first-order valence-corrected chi connectivity index (χ1v) is 7.41. The molecule has 0 spiro atoms. The number of rotatable bonds is 2. The van der Waals surface area contributed by atoms with Crippen molar-refractivity contribution in [3.8, 4) is 0 Å². The fourth-order valence-corrected chi connectivity index (χ4v) is 3.70. The van der Waals surface area contributed by atoms with Gasteiger partial charge in [0.25, 0.3) is 0 Å². The Kier molecular flexibility index (Phi) is 3.49. The fourth-order valence-electron chi connectivity index (χ4n) is 3.70. The van der Waals surface area contributed by atoms with Crippen molar-refractivity contribution in [2.45, 2.75) is 63.5 Å². The van der Waals surface area contributed by atoms with Gasteiger partial charge in [0.15, 0.2) is 0 Å². The predicted molar refractivity (Wildman–Crippen MR) is 67.6 cm³/mol. The minimum absolute atomic E-state index is 0.886. The van der Waals surface area contributed by atoms with Gasteiger partial charge in [-0.25, -0.2) is 0 Å². The van der Waals surface area contributed by atoms with E-state index in [4.69, 9.17) is 0 Å². The van der Waals surface area contributed by atoms with Crippen molar-refractivity contribution in [2.75, 3.05) is 19.6 Å². The monoisotopic (exact) mass is 222 g/mol. The first kappa shape index (κ1) is 11.0. The molecule has 0 aromatic carbocycles. The van der Waals surface area contributed by atoms with E-state index in [1.807, 2.05) is 0 Å². The van der Waals surface area contributed by atoms with E-state index in [2.05, 4.69) is 10.2 Å². The van der Waals surface area contributed by atoms with Crippen LogP contribution in [-0.4, -0.2) is 36.6 Å². The van der Waals surface area contributed by atoms with Gasteiger partial charge in [-0.1, -0.05) is 25.7 Å². The number of nitrogens with zero attached hydrogens (tertiary/aromatic N) is 1. The Morgan fingerprint density at radius 1 is 0.875 bits per heavy atom. The van der Waals surface area contributed by atoms with Crippen molar-refractivity contribution in [2.24, 2.45) is 5.92 Å². The van der Waals surface area contributed by atoms with Crippen LogP contribution in [0.3, 0.4) is 0 Å². The lowest BCUT2D eigenvalue weighted by Crippen LogP contribution is -2.56. The largest absolute Gasteiger partial charge is 0.314 e. The Bertz CT molecular complexity index is 217. The van der Waals surface area contributed by atoms with E-state index in [1.54, 1.807) is 0 Å². The van der Waals surface area contributed by atoms with Crippen molar-refractivity contribution in [3.05, 3.63) is 0 Å². The summed E-state index contributed by atoms with van der Waals surface area (Å²) in [6.07, 6.45) is 11.9. The molecule has 3 aliphatic rings. The molecule has 1 atom stereocenters. The molecule has 16 heavy (non-hydrogen) atoms. The Morgan fingerprint density at radius 3 is 2.31 bits per heavy atom. The fraction of sp³-hybridized carbons (Fsp3) is 1.00. The second-order valence-corrected chi connectivity index (χ2v) is 5.99. The van der Waals surface area contributed by atoms with Crippen LogP contribution in [-0.2, 0) is 0 Å². The van der Waals surface area contributed by atoms with Gasteiger partial charge in [-0.2, -0.15) is 0 Å². The number of nitrogens with one attached hydrogen (secondary N) is 1. The standard InChI is InChI=1S/C14H26N2/c1-2-4-6-13(5-3-1)16-10-9-15-11-14(16)12-7-8-12/h12-15H,1-11H2. The Hall–Kier alpha value is -0.0800. The highest BCUT2D eigenvalue weighted by molar-refractivity contribution is 4.94. The van der Waals surface area contributed by atoms with Crippen molar-refractivity contribution >= 4 is 0 Å². The third kappa shape index (κ3) is 2.43. The zero-order chi connectivity index (χ0) is 10.8. The Labute approximate surface area is 99.8 Å². The van der Waals surface area contributed by atoms with Crippen LogP contribution in [0.4, 0.5) is 0 Å². The molecule has 1 heterocycles. The predicted octanol–water partition coefficient (Wildman–Crippen LogP) is 2.39. The molecule has 0 aromatic rings. The summed E-state index contributed by atoms with van der Waals surface area (Å²) in [6, 6.07) is 1.81. The highest BCUT2D eigenvalue weighted by atomic mass is 15.2. The van der Waals surface area contributed by atoms with Gasteiger partial charge in [0, 0.05) is 31.7 Å². The maximum Gasteiger partial charge on any atom is 0.0252 e. The van der Waals surface area contributed by atoms with E-state index in [-0.39, 0.29) is 0 Å². The highest BCUT2D eigenvalue weighted by Crippen LogP contribution is 2.38. The molecule has 2 nitrogen and oxygen atoms in total. The normalized spacial score (nSPS) is 34.9. The average molecular weight is 222 g/mol. The minimum atomic E-state index is 0.886. The molecule has 3 rings (SSSR count). The smallest absolute Gasteiger partial charge is 0.0252 e. The van der Waals surface area contributed by atoms with Crippen LogP contribution in [0, 0.1) is 5.92 Å². The van der Waals surface area contributed by atoms with Crippen molar-refractivity contribution < 1.29 is 0 Å². The molecule has 0 aromatic heterocycles. The molecule has 92 valence electrons. The van der Waals surface area contributed by atoms with Gasteiger partial charge in [-0.3, -0.25) is 4.90 Å². The summed E-state index contributed by atoms with van der Waals surface area (Å²) in [5.41, 5.74) is 0. The maximum atomic E-state index is 3.60. The van der Waals surface area contributed by atoms with Gasteiger partial charge in [0.05, 0.1) is 0 Å². The number of hydrogen-bond acceptors (Lipinski definition) is 2. The second-order valence-electron chi connectivity index (χ2n) is 5.99. The number of hydrogen-bond donors (Lipinski definition) is 1. The summed E-state index contributed by atoms with van der Waals surface area (Å²) in [4.78, 5) is 2.89. The topological polar surface area (TPSA) is 15.3 Å². The average Bonchev–Trinajstić information content (AvgIpc) is 3.16. The van der Waals surface area contributed by atoms with Crippen LogP contribution in [0.15, 0.2) is 0 Å². The van der Waals surface area contributed by atoms with E-state index in [0.717, 1.165) is 18.0 Å². The van der Waals surface area contributed by atoms with Gasteiger partial charge in [-0.15, -0.1) is 0 Å². The molecule has 1 N–H and O–H groups in total. The lowest BCUT2D eigenvalue weighted by atomic mass is 10.0. The van der Waals surface area contributed by atoms with Crippen LogP contribution in [0.2, 0.25) is 0 Å². The first-order chi connectivity index (χ1) is 7.95. The molecular weight excluding hydrogens is 196 g/mol. The molecule has 0 bridgehead atoms. The molecule has 0 amide bonds. The third-order valence-corrected chi connectivity index (χ3v) is 4.79. The SMILES string of the molecule is C1CCCC(N2CCNCC2C2CC2)CC1. The molecule has 1 aliphatic heterocycles. The van der Waals surface area contributed by atoms with E-state index < -0.39 is 0 Å². The van der Waals surface area contributed by atoms with Crippen molar-refractivity contribution in [3.63, 3.8) is 0 Å². The molecule has 1 saturated heterocycles.